The molecule has 118 valence electrons. The summed E-state index contributed by atoms with van der Waals surface area (Å²) in [7, 11) is 3.31. The third-order valence-electron chi connectivity index (χ3n) is 3.65. The standard InChI is InChI=1S/C16H25FN2O2/c1-20-9-7-19(8-10-21-2)16-11-13(3-6-15(16)17)12-18-14-4-5-14/h3,6,11,14,18H,4-5,7-10,12H2,1-2H3. The average Bonchev–Trinajstić information content (AvgIpc) is 3.31. The fourth-order valence-electron chi connectivity index (χ4n) is 2.22. The van der Waals surface area contributed by atoms with Crippen molar-refractivity contribution in [1.29, 1.82) is 0 Å². The number of nitrogens with one attached hydrogen (secondary N) is 1. The van der Waals surface area contributed by atoms with E-state index in [2.05, 4.69) is 5.32 Å². The summed E-state index contributed by atoms with van der Waals surface area (Å²) in [6.07, 6.45) is 2.50. The van der Waals surface area contributed by atoms with Crippen LogP contribution in [0.4, 0.5) is 10.1 Å². The van der Waals surface area contributed by atoms with Crippen molar-refractivity contribution in [3.63, 3.8) is 0 Å². The molecule has 1 saturated carbocycles. The molecule has 0 amide bonds. The van der Waals surface area contributed by atoms with Gasteiger partial charge in [-0.1, -0.05) is 6.07 Å². The summed E-state index contributed by atoms with van der Waals surface area (Å²) in [5.74, 6) is -0.197. The molecule has 0 aliphatic heterocycles. The van der Waals surface area contributed by atoms with Crippen LogP contribution in [0.15, 0.2) is 18.2 Å². The van der Waals surface area contributed by atoms with E-state index in [9.17, 15) is 4.39 Å². The Bertz CT molecular complexity index is 430. The number of hydrogen-bond acceptors (Lipinski definition) is 4. The second-order valence-electron chi connectivity index (χ2n) is 5.41. The van der Waals surface area contributed by atoms with Gasteiger partial charge in [0.2, 0.25) is 0 Å². The third kappa shape index (κ3) is 5.26. The van der Waals surface area contributed by atoms with E-state index in [4.69, 9.17) is 9.47 Å². The quantitative estimate of drug-likeness (QED) is 0.717. The van der Waals surface area contributed by atoms with E-state index < -0.39 is 0 Å². The minimum Gasteiger partial charge on any atom is -0.383 e. The van der Waals surface area contributed by atoms with Crippen molar-refractivity contribution in [2.45, 2.75) is 25.4 Å². The van der Waals surface area contributed by atoms with E-state index in [1.807, 2.05) is 17.0 Å². The lowest BCUT2D eigenvalue weighted by Crippen LogP contribution is -2.31. The van der Waals surface area contributed by atoms with Gasteiger partial charge in [-0.3, -0.25) is 0 Å². The summed E-state index contributed by atoms with van der Waals surface area (Å²) in [5.41, 5.74) is 1.73. The van der Waals surface area contributed by atoms with Crippen molar-refractivity contribution >= 4 is 5.69 Å². The number of hydrogen-bond donors (Lipinski definition) is 1. The Balaban J connectivity index is 2.05. The first kappa shape index (κ1) is 16.2. The molecule has 0 aromatic heterocycles. The highest BCUT2D eigenvalue weighted by Crippen LogP contribution is 2.23. The molecule has 2 rings (SSSR count). The van der Waals surface area contributed by atoms with Crippen molar-refractivity contribution in [3.8, 4) is 0 Å². The number of ether oxygens (including phenoxy) is 2. The number of benzene rings is 1. The Hall–Kier alpha value is -1.17. The number of anilines is 1. The second kappa shape index (κ2) is 8.32. The molecule has 1 aliphatic rings. The van der Waals surface area contributed by atoms with Crippen LogP contribution in [0.5, 0.6) is 0 Å². The van der Waals surface area contributed by atoms with E-state index in [0.717, 1.165) is 12.1 Å². The van der Waals surface area contributed by atoms with Gasteiger partial charge < -0.3 is 19.7 Å². The molecule has 0 saturated heterocycles. The van der Waals surface area contributed by atoms with Crippen LogP contribution in [0, 0.1) is 5.82 Å². The smallest absolute Gasteiger partial charge is 0.146 e. The first-order valence-electron chi connectivity index (χ1n) is 7.49. The van der Waals surface area contributed by atoms with Crippen LogP contribution >= 0.6 is 0 Å². The molecule has 0 bridgehead atoms. The maximum Gasteiger partial charge on any atom is 0.146 e. The largest absolute Gasteiger partial charge is 0.383 e. The molecule has 1 aromatic carbocycles. The van der Waals surface area contributed by atoms with Crippen LogP contribution in [-0.2, 0) is 16.0 Å². The highest BCUT2D eigenvalue weighted by atomic mass is 19.1. The second-order valence-corrected chi connectivity index (χ2v) is 5.41. The maximum atomic E-state index is 14.1. The molecular weight excluding hydrogens is 271 g/mol. The molecule has 1 fully saturated rings. The molecule has 0 heterocycles. The zero-order valence-electron chi connectivity index (χ0n) is 12.9. The summed E-state index contributed by atoms with van der Waals surface area (Å²) < 4.78 is 24.4. The molecule has 1 aromatic rings. The van der Waals surface area contributed by atoms with Crippen molar-refractivity contribution < 1.29 is 13.9 Å². The monoisotopic (exact) mass is 296 g/mol. The molecule has 4 nitrogen and oxygen atoms in total. The zero-order chi connectivity index (χ0) is 15.1. The molecule has 1 N–H and O–H groups in total. The van der Waals surface area contributed by atoms with Crippen LogP contribution in [0.2, 0.25) is 0 Å². The van der Waals surface area contributed by atoms with Crippen LogP contribution in [0.3, 0.4) is 0 Å². The van der Waals surface area contributed by atoms with Crippen LogP contribution in [0.25, 0.3) is 0 Å². The lowest BCUT2D eigenvalue weighted by molar-refractivity contribution is 0.190. The Labute approximate surface area is 126 Å². The third-order valence-corrected chi connectivity index (χ3v) is 3.65. The Morgan fingerprint density at radius 1 is 1.19 bits per heavy atom. The summed E-state index contributed by atoms with van der Waals surface area (Å²) in [4.78, 5) is 1.98. The van der Waals surface area contributed by atoms with Gasteiger partial charge in [0.25, 0.3) is 0 Å². The van der Waals surface area contributed by atoms with Gasteiger partial charge in [0.05, 0.1) is 18.9 Å². The normalized spacial score (nSPS) is 14.4. The van der Waals surface area contributed by atoms with Crippen LogP contribution in [-0.4, -0.2) is 46.6 Å². The molecular formula is C16H25FN2O2. The van der Waals surface area contributed by atoms with E-state index in [1.165, 1.54) is 12.8 Å². The minimum absolute atomic E-state index is 0.197. The predicted molar refractivity (Wildman–Crippen MR) is 82.2 cm³/mol. The molecule has 0 radical (unpaired) electrons. The van der Waals surface area contributed by atoms with Gasteiger partial charge in [0.1, 0.15) is 5.82 Å². The minimum atomic E-state index is -0.197. The molecule has 21 heavy (non-hydrogen) atoms. The molecule has 5 heteroatoms. The van der Waals surface area contributed by atoms with Crippen molar-refractivity contribution in [3.05, 3.63) is 29.6 Å². The number of rotatable bonds is 10. The zero-order valence-corrected chi connectivity index (χ0v) is 12.9. The Kier molecular flexibility index (Phi) is 6.42. The summed E-state index contributed by atoms with van der Waals surface area (Å²) in [6.45, 7) is 3.22. The van der Waals surface area contributed by atoms with Crippen LogP contribution in [0.1, 0.15) is 18.4 Å². The SMILES string of the molecule is COCCN(CCOC)c1cc(CNC2CC2)ccc1F. The van der Waals surface area contributed by atoms with E-state index in [1.54, 1.807) is 20.3 Å². The average molecular weight is 296 g/mol. The molecule has 0 atom stereocenters. The Morgan fingerprint density at radius 2 is 1.86 bits per heavy atom. The summed E-state index contributed by atoms with van der Waals surface area (Å²) in [6, 6.07) is 5.97. The Morgan fingerprint density at radius 3 is 2.43 bits per heavy atom. The van der Waals surface area contributed by atoms with Gasteiger partial charge in [-0.2, -0.15) is 0 Å². The molecule has 0 spiro atoms. The maximum absolute atomic E-state index is 14.1. The van der Waals surface area contributed by atoms with E-state index >= 15 is 0 Å². The first-order valence-corrected chi connectivity index (χ1v) is 7.49. The first-order chi connectivity index (χ1) is 10.2. The fourth-order valence-corrected chi connectivity index (χ4v) is 2.22. The predicted octanol–water partition coefficient (Wildman–Crippen LogP) is 2.18. The molecule has 1 aliphatic carbocycles. The van der Waals surface area contributed by atoms with Crippen LogP contribution < -0.4 is 10.2 Å². The summed E-state index contributed by atoms with van der Waals surface area (Å²) in [5, 5.41) is 3.45. The van der Waals surface area contributed by atoms with Gasteiger partial charge in [0, 0.05) is 39.9 Å². The number of nitrogens with zero attached hydrogens (tertiary/aromatic N) is 1. The highest BCUT2D eigenvalue weighted by Gasteiger charge is 2.20. The van der Waals surface area contributed by atoms with Gasteiger partial charge in [-0.05, 0) is 30.5 Å². The van der Waals surface area contributed by atoms with Crippen molar-refractivity contribution in [2.24, 2.45) is 0 Å². The topological polar surface area (TPSA) is 33.7 Å². The summed E-state index contributed by atoms with van der Waals surface area (Å²) >= 11 is 0. The van der Waals surface area contributed by atoms with Gasteiger partial charge in [-0.15, -0.1) is 0 Å². The van der Waals surface area contributed by atoms with Gasteiger partial charge >= 0.3 is 0 Å². The molecule has 0 unspecified atom stereocenters. The number of halogens is 1. The van der Waals surface area contributed by atoms with Crippen molar-refractivity contribution in [2.75, 3.05) is 45.4 Å². The van der Waals surface area contributed by atoms with Gasteiger partial charge in [0.15, 0.2) is 0 Å². The van der Waals surface area contributed by atoms with E-state index in [0.29, 0.717) is 38.0 Å². The van der Waals surface area contributed by atoms with Crippen molar-refractivity contribution in [1.82, 2.24) is 5.32 Å². The lowest BCUT2D eigenvalue weighted by atomic mass is 10.1. The van der Waals surface area contributed by atoms with E-state index in [-0.39, 0.29) is 5.82 Å². The fraction of sp³-hybridized carbons (Fsp3) is 0.625. The lowest BCUT2D eigenvalue weighted by Gasteiger charge is -2.25. The van der Waals surface area contributed by atoms with Gasteiger partial charge in [-0.25, -0.2) is 4.39 Å². The highest BCUT2D eigenvalue weighted by molar-refractivity contribution is 5.50. The number of methoxy groups -OCH3 is 2.